The molecule has 92 valence electrons. The van der Waals surface area contributed by atoms with Gasteiger partial charge in [-0.15, -0.1) is 0 Å². The molecule has 3 N–H and O–H groups in total. The minimum absolute atomic E-state index is 0.00711. The molecule has 0 aromatic carbocycles. The van der Waals surface area contributed by atoms with Gasteiger partial charge in [-0.25, -0.2) is 9.59 Å². The van der Waals surface area contributed by atoms with Crippen molar-refractivity contribution in [2.45, 2.75) is 25.8 Å². The van der Waals surface area contributed by atoms with Gasteiger partial charge in [0.2, 0.25) is 0 Å². The maximum Gasteiger partial charge on any atom is 0.328 e. The van der Waals surface area contributed by atoms with Crippen molar-refractivity contribution in [3.05, 3.63) is 0 Å². The summed E-state index contributed by atoms with van der Waals surface area (Å²) in [6, 6.07) is -1.26. The first-order valence-electron chi connectivity index (χ1n) is 4.81. The molecular weight excluding hydrogens is 216 g/mol. The van der Waals surface area contributed by atoms with Crippen LogP contribution in [0.25, 0.3) is 0 Å². The minimum atomic E-state index is -0.912. The SMILES string of the molecule is COC(=O)C(C)NC(=O)NCCCC(=O)O. The zero-order valence-corrected chi connectivity index (χ0v) is 9.28. The molecule has 2 amide bonds. The lowest BCUT2D eigenvalue weighted by molar-refractivity contribution is -0.142. The highest BCUT2D eigenvalue weighted by atomic mass is 16.5. The first kappa shape index (κ1) is 14.2. The van der Waals surface area contributed by atoms with Crippen molar-refractivity contribution < 1.29 is 24.2 Å². The highest BCUT2D eigenvalue weighted by molar-refractivity contribution is 5.83. The van der Waals surface area contributed by atoms with Crippen LogP contribution < -0.4 is 10.6 Å². The molecule has 0 bridgehead atoms. The lowest BCUT2D eigenvalue weighted by Crippen LogP contribution is -2.45. The molecule has 16 heavy (non-hydrogen) atoms. The number of carboxylic acids is 1. The lowest BCUT2D eigenvalue weighted by atomic mass is 10.3. The number of amides is 2. The molecule has 0 rings (SSSR count). The van der Waals surface area contributed by atoms with E-state index in [4.69, 9.17) is 5.11 Å². The predicted octanol–water partition coefficient (Wildman–Crippen LogP) is -0.288. The number of urea groups is 1. The molecule has 7 heteroatoms. The molecule has 0 spiro atoms. The Labute approximate surface area is 93.2 Å². The molecule has 0 saturated heterocycles. The third-order valence-corrected chi connectivity index (χ3v) is 1.76. The van der Waals surface area contributed by atoms with Crippen molar-refractivity contribution in [3.63, 3.8) is 0 Å². The molecule has 7 nitrogen and oxygen atoms in total. The van der Waals surface area contributed by atoms with Gasteiger partial charge in [0.05, 0.1) is 7.11 Å². The fraction of sp³-hybridized carbons (Fsp3) is 0.667. The number of hydrogen-bond donors (Lipinski definition) is 3. The second-order valence-electron chi connectivity index (χ2n) is 3.14. The summed E-state index contributed by atoms with van der Waals surface area (Å²) in [5, 5.41) is 13.1. The van der Waals surface area contributed by atoms with Crippen LogP contribution >= 0.6 is 0 Å². The summed E-state index contributed by atoms with van der Waals surface area (Å²) < 4.78 is 4.41. The van der Waals surface area contributed by atoms with E-state index >= 15 is 0 Å². The van der Waals surface area contributed by atoms with E-state index in [1.54, 1.807) is 0 Å². The third kappa shape index (κ3) is 6.63. The van der Waals surface area contributed by atoms with Crippen molar-refractivity contribution in [1.29, 1.82) is 0 Å². The molecule has 1 unspecified atom stereocenters. The summed E-state index contributed by atoms with van der Waals surface area (Å²) in [6.45, 7) is 1.73. The molecule has 0 radical (unpaired) electrons. The lowest BCUT2D eigenvalue weighted by Gasteiger charge is -2.12. The number of carbonyl (C=O) groups is 3. The maximum atomic E-state index is 11.1. The van der Waals surface area contributed by atoms with E-state index < -0.39 is 24.0 Å². The third-order valence-electron chi connectivity index (χ3n) is 1.76. The van der Waals surface area contributed by atoms with E-state index in [0.717, 1.165) is 0 Å². The number of aliphatic carboxylic acids is 1. The van der Waals surface area contributed by atoms with E-state index in [1.165, 1.54) is 14.0 Å². The number of esters is 1. The number of nitrogens with one attached hydrogen (secondary N) is 2. The van der Waals surface area contributed by atoms with E-state index in [1.807, 2.05) is 0 Å². The van der Waals surface area contributed by atoms with Crippen LogP contribution in [-0.2, 0) is 14.3 Å². The number of ether oxygens (including phenoxy) is 1. The summed E-state index contributed by atoms with van der Waals surface area (Å²) in [7, 11) is 1.23. The molecule has 0 aromatic heterocycles. The van der Waals surface area contributed by atoms with Crippen LogP contribution in [0.5, 0.6) is 0 Å². The van der Waals surface area contributed by atoms with Gasteiger partial charge in [0, 0.05) is 13.0 Å². The van der Waals surface area contributed by atoms with Gasteiger partial charge < -0.3 is 20.5 Å². The molecule has 0 fully saturated rings. The number of methoxy groups -OCH3 is 1. The Morgan fingerprint density at radius 3 is 2.50 bits per heavy atom. The van der Waals surface area contributed by atoms with Gasteiger partial charge in [0.1, 0.15) is 6.04 Å². The Hall–Kier alpha value is -1.79. The fourth-order valence-corrected chi connectivity index (χ4v) is 0.925. The Bertz CT molecular complexity index is 267. The summed E-state index contributed by atoms with van der Waals surface area (Å²) in [5.41, 5.74) is 0. The first-order chi connectivity index (χ1) is 7.47. The Morgan fingerprint density at radius 1 is 1.38 bits per heavy atom. The minimum Gasteiger partial charge on any atom is -0.481 e. The average Bonchev–Trinajstić information content (AvgIpc) is 2.22. The van der Waals surface area contributed by atoms with Gasteiger partial charge in [0.25, 0.3) is 0 Å². The van der Waals surface area contributed by atoms with Crippen molar-refractivity contribution >= 4 is 18.0 Å². The van der Waals surface area contributed by atoms with E-state index in [9.17, 15) is 14.4 Å². The quantitative estimate of drug-likeness (QED) is 0.431. The largest absolute Gasteiger partial charge is 0.481 e. The number of carbonyl (C=O) groups excluding carboxylic acids is 2. The Balaban J connectivity index is 3.66. The summed E-state index contributed by atoms with van der Waals surface area (Å²) in [4.78, 5) is 32.2. The molecular formula is C9H16N2O5. The molecule has 0 aromatic rings. The van der Waals surface area contributed by atoms with Gasteiger partial charge in [0.15, 0.2) is 0 Å². The molecule has 0 heterocycles. The highest BCUT2D eigenvalue weighted by Crippen LogP contribution is 1.88. The van der Waals surface area contributed by atoms with Crippen LogP contribution in [0.1, 0.15) is 19.8 Å². The summed E-state index contributed by atoms with van der Waals surface area (Å²) >= 11 is 0. The second kappa shape index (κ2) is 7.49. The van der Waals surface area contributed by atoms with Crippen molar-refractivity contribution in [1.82, 2.24) is 10.6 Å². The van der Waals surface area contributed by atoms with E-state index in [0.29, 0.717) is 6.42 Å². The van der Waals surface area contributed by atoms with Crippen LogP contribution in [0, 0.1) is 0 Å². The smallest absolute Gasteiger partial charge is 0.328 e. The summed E-state index contributed by atoms with van der Waals surface area (Å²) in [5.74, 6) is -1.45. The first-order valence-corrected chi connectivity index (χ1v) is 4.81. The standard InChI is InChI=1S/C9H16N2O5/c1-6(8(14)16-2)11-9(15)10-5-3-4-7(12)13/h6H,3-5H2,1-2H3,(H,12,13)(H2,10,11,15). The van der Waals surface area contributed by atoms with Gasteiger partial charge in [-0.05, 0) is 13.3 Å². The zero-order valence-electron chi connectivity index (χ0n) is 9.28. The number of hydrogen-bond acceptors (Lipinski definition) is 4. The number of carboxylic acid groups (broad SMARTS) is 1. The normalized spacial score (nSPS) is 11.4. The van der Waals surface area contributed by atoms with Crippen molar-refractivity contribution in [2.75, 3.05) is 13.7 Å². The van der Waals surface area contributed by atoms with E-state index in [-0.39, 0.29) is 13.0 Å². The van der Waals surface area contributed by atoms with E-state index in [2.05, 4.69) is 15.4 Å². The molecule has 0 saturated carbocycles. The van der Waals surface area contributed by atoms with Gasteiger partial charge >= 0.3 is 18.0 Å². The average molecular weight is 232 g/mol. The van der Waals surface area contributed by atoms with Crippen LogP contribution in [0.2, 0.25) is 0 Å². The van der Waals surface area contributed by atoms with Gasteiger partial charge in [-0.3, -0.25) is 4.79 Å². The fourth-order valence-electron chi connectivity index (χ4n) is 0.925. The molecule has 0 aliphatic rings. The zero-order chi connectivity index (χ0) is 12.6. The Morgan fingerprint density at radius 2 is 2.00 bits per heavy atom. The highest BCUT2D eigenvalue weighted by Gasteiger charge is 2.14. The predicted molar refractivity (Wildman–Crippen MR) is 54.9 cm³/mol. The van der Waals surface area contributed by atoms with Gasteiger partial charge in [-0.2, -0.15) is 0 Å². The topological polar surface area (TPSA) is 105 Å². The van der Waals surface area contributed by atoms with Gasteiger partial charge in [-0.1, -0.05) is 0 Å². The molecule has 1 atom stereocenters. The van der Waals surface area contributed by atoms with Crippen LogP contribution in [-0.4, -0.2) is 42.8 Å². The second-order valence-corrected chi connectivity index (χ2v) is 3.14. The Kier molecular flexibility index (Phi) is 6.66. The van der Waals surface area contributed by atoms with Crippen LogP contribution in [0.4, 0.5) is 4.79 Å². The van der Waals surface area contributed by atoms with Crippen LogP contribution in [0.15, 0.2) is 0 Å². The molecule has 0 aliphatic carbocycles. The maximum absolute atomic E-state index is 11.1. The summed E-state index contributed by atoms with van der Waals surface area (Å²) in [6.07, 6.45) is 0.336. The monoisotopic (exact) mass is 232 g/mol. The van der Waals surface area contributed by atoms with Crippen molar-refractivity contribution in [2.24, 2.45) is 0 Å². The van der Waals surface area contributed by atoms with Crippen LogP contribution in [0.3, 0.4) is 0 Å². The number of rotatable bonds is 6. The van der Waals surface area contributed by atoms with Crippen molar-refractivity contribution in [3.8, 4) is 0 Å². The molecule has 0 aliphatic heterocycles.